The zero-order valence-corrected chi connectivity index (χ0v) is 10.5. The van der Waals surface area contributed by atoms with Crippen molar-refractivity contribution in [2.24, 2.45) is 5.92 Å². The lowest BCUT2D eigenvalue weighted by molar-refractivity contribution is -0.145. The predicted molar refractivity (Wildman–Crippen MR) is 65.6 cm³/mol. The number of carbonyl (C=O) groups excluding carboxylic acids is 1. The molecule has 0 aromatic heterocycles. The summed E-state index contributed by atoms with van der Waals surface area (Å²) in [5.74, 6) is -0.174. The molecule has 1 aromatic carbocycles. The quantitative estimate of drug-likeness (QED) is 0.737. The minimum Gasteiger partial charge on any atom is -0.469 e. The van der Waals surface area contributed by atoms with Gasteiger partial charge in [-0.15, -0.1) is 0 Å². The van der Waals surface area contributed by atoms with Crippen LogP contribution < -0.4 is 0 Å². The molecule has 1 rings (SSSR count). The first-order valence-corrected chi connectivity index (χ1v) is 5.84. The molecule has 0 aliphatic heterocycles. The van der Waals surface area contributed by atoms with E-state index in [0.29, 0.717) is 0 Å². The van der Waals surface area contributed by atoms with Gasteiger partial charge in [0.2, 0.25) is 0 Å². The molecule has 0 radical (unpaired) electrons. The highest BCUT2D eigenvalue weighted by Crippen LogP contribution is 2.18. The maximum atomic E-state index is 11.2. The minimum atomic E-state index is -0.140. The summed E-state index contributed by atoms with van der Waals surface area (Å²) in [4.78, 5) is 11.2. The number of rotatable bonds is 5. The van der Waals surface area contributed by atoms with E-state index in [2.05, 4.69) is 4.74 Å². The van der Waals surface area contributed by atoms with Crippen LogP contribution in [0.15, 0.2) is 24.3 Å². The molecular formula is C13H17ClO2. The van der Waals surface area contributed by atoms with Crippen LogP contribution in [0.4, 0.5) is 0 Å². The van der Waals surface area contributed by atoms with Crippen LogP contribution in [0, 0.1) is 5.92 Å². The summed E-state index contributed by atoms with van der Waals surface area (Å²) in [5.41, 5.74) is 1.14. The maximum Gasteiger partial charge on any atom is 0.308 e. The first kappa shape index (κ1) is 13.0. The molecule has 16 heavy (non-hydrogen) atoms. The smallest absolute Gasteiger partial charge is 0.308 e. The lowest BCUT2D eigenvalue weighted by Gasteiger charge is -2.09. The predicted octanol–water partition coefficient (Wildman–Crippen LogP) is 3.47. The number of methoxy groups -OCH3 is 1. The first-order valence-electron chi connectivity index (χ1n) is 5.46. The summed E-state index contributed by atoms with van der Waals surface area (Å²) in [6, 6.07) is 7.81. The Morgan fingerprint density at radius 3 is 2.75 bits per heavy atom. The second-order valence-electron chi connectivity index (χ2n) is 3.91. The Hall–Kier alpha value is -1.02. The minimum absolute atomic E-state index is 0.0347. The fraction of sp³-hybridized carbons (Fsp3) is 0.462. The summed E-state index contributed by atoms with van der Waals surface area (Å²) >= 11 is 6.04. The third kappa shape index (κ3) is 3.86. The van der Waals surface area contributed by atoms with Gasteiger partial charge in [-0.3, -0.25) is 4.79 Å². The van der Waals surface area contributed by atoms with Crippen molar-refractivity contribution in [3.63, 3.8) is 0 Å². The Balaban J connectivity index is 2.36. The molecule has 0 aliphatic rings. The lowest BCUT2D eigenvalue weighted by atomic mass is 10.0. The molecular weight excluding hydrogens is 224 g/mol. The van der Waals surface area contributed by atoms with Gasteiger partial charge in [0.15, 0.2) is 0 Å². The van der Waals surface area contributed by atoms with Gasteiger partial charge in [-0.2, -0.15) is 0 Å². The second-order valence-corrected chi connectivity index (χ2v) is 4.32. The van der Waals surface area contributed by atoms with E-state index in [-0.39, 0.29) is 11.9 Å². The van der Waals surface area contributed by atoms with Gasteiger partial charge < -0.3 is 4.74 Å². The van der Waals surface area contributed by atoms with Crippen molar-refractivity contribution in [2.45, 2.75) is 26.2 Å². The Morgan fingerprint density at radius 1 is 1.44 bits per heavy atom. The number of aryl methyl sites for hydroxylation is 1. The fourth-order valence-corrected chi connectivity index (χ4v) is 1.85. The molecule has 0 fully saturated rings. The Labute approximate surface area is 102 Å². The lowest BCUT2D eigenvalue weighted by Crippen LogP contribution is -2.12. The summed E-state index contributed by atoms with van der Waals surface area (Å²) < 4.78 is 4.67. The molecule has 1 unspecified atom stereocenters. The van der Waals surface area contributed by atoms with Crippen LogP contribution in [0.1, 0.15) is 25.3 Å². The Kier molecular flexibility index (Phi) is 5.33. The zero-order chi connectivity index (χ0) is 12.0. The monoisotopic (exact) mass is 240 g/mol. The molecule has 0 saturated heterocycles. The number of hydrogen-bond donors (Lipinski definition) is 0. The van der Waals surface area contributed by atoms with E-state index >= 15 is 0 Å². The number of hydrogen-bond acceptors (Lipinski definition) is 2. The van der Waals surface area contributed by atoms with Crippen LogP contribution in [0.2, 0.25) is 5.02 Å². The molecule has 1 aromatic rings. The molecule has 0 amide bonds. The van der Waals surface area contributed by atoms with Gasteiger partial charge in [0, 0.05) is 5.02 Å². The van der Waals surface area contributed by atoms with Crippen LogP contribution in [-0.4, -0.2) is 13.1 Å². The molecule has 0 heterocycles. The van der Waals surface area contributed by atoms with E-state index in [0.717, 1.165) is 29.8 Å². The molecule has 0 saturated carbocycles. The van der Waals surface area contributed by atoms with E-state index in [4.69, 9.17) is 11.6 Å². The van der Waals surface area contributed by atoms with Crippen molar-refractivity contribution in [1.82, 2.24) is 0 Å². The second kappa shape index (κ2) is 6.54. The SMILES string of the molecule is COC(=O)C(C)CCCc1ccccc1Cl. The molecule has 3 heteroatoms. The van der Waals surface area contributed by atoms with Gasteiger partial charge in [0.05, 0.1) is 13.0 Å². The topological polar surface area (TPSA) is 26.3 Å². The van der Waals surface area contributed by atoms with Gasteiger partial charge in [0.25, 0.3) is 0 Å². The molecule has 2 nitrogen and oxygen atoms in total. The van der Waals surface area contributed by atoms with E-state index in [1.165, 1.54) is 7.11 Å². The highest BCUT2D eigenvalue weighted by Gasteiger charge is 2.12. The normalized spacial score (nSPS) is 12.2. The maximum absolute atomic E-state index is 11.2. The van der Waals surface area contributed by atoms with Crippen molar-refractivity contribution in [2.75, 3.05) is 7.11 Å². The summed E-state index contributed by atoms with van der Waals surface area (Å²) in [6.45, 7) is 1.89. The van der Waals surface area contributed by atoms with Crippen LogP contribution in [0.3, 0.4) is 0 Å². The van der Waals surface area contributed by atoms with Gasteiger partial charge in [-0.1, -0.05) is 36.7 Å². The summed E-state index contributed by atoms with van der Waals surface area (Å²) in [6.07, 6.45) is 2.68. The van der Waals surface area contributed by atoms with Crippen molar-refractivity contribution >= 4 is 17.6 Å². The molecule has 0 N–H and O–H groups in total. The molecule has 88 valence electrons. The summed E-state index contributed by atoms with van der Waals surface area (Å²) in [5, 5.41) is 0.799. The van der Waals surface area contributed by atoms with Gasteiger partial charge in [-0.05, 0) is 30.9 Å². The molecule has 0 spiro atoms. The van der Waals surface area contributed by atoms with Crippen LogP contribution in [-0.2, 0) is 16.0 Å². The van der Waals surface area contributed by atoms with E-state index in [1.54, 1.807) is 0 Å². The average molecular weight is 241 g/mol. The largest absolute Gasteiger partial charge is 0.469 e. The van der Waals surface area contributed by atoms with Crippen LogP contribution in [0.5, 0.6) is 0 Å². The molecule has 0 bridgehead atoms. The number of carbonyl (C=O) groups is 1. The fourth-order valence-electron chi connectivity index (χ4n) is 1.62. The van der Waals surface area contributed by atoms with Crippen LogP contribution in [0.25, 0.3) is 0 Å². The molecule has 0 aliphatic carbocycles. The van der Waals surface area contributed by atoms with E-state index < -0.39 is 0 Å². The van der Waals surface area contributed by atoms with Gasteiger partial charge >= 0.3 is 5.97 Å². The van der Waals surface area contributed by atoms with Crippen molar-refractivity contribution < 1.29 is 9.53 Å². The van der Waals surface area contributed by atoms with Gasteiger partial charge in [0.1, 0.15) is 0 Å². The van der Waals surface area contributed by atoms with Gasteiger partial charge in [-0.25, -0.2) is 0 Å². The van der Waals surface area contributed by atoms with Crippen LogP contribution >= 0.6 is 11.6 Å². The van der Waals surface area contributed by atoms with E-state index in [1.807, 2.05) is 31.2 Å². The third-order valence-electron chi connectivity index (χ3n) is 2.64. The zero-order valence-electron chi connectivity index (χ0n) is 9.70. The van der Waals surface area contributed by atoms with Crippen molar-refractivity contribution in [3.8, 4) is 0 Å². The Bertz CT molecular complexity index is 350. The summed E-state index contributed by atoms with van der Waals surface area (Å²) in [7, 11) is 1.42. The average Bonchev–Trinajstić information content (AvgIpc) is 2.30. The Morgan fingerprint density at radius 2 is 2.12 bits per heavy atom. The van der Waals surface area contributed by atoms with E-state index in [9.17, 15) is 4.79 Å². The third-order valence-corrected chi connectivity index (χ3v) is 3.01. The highest BCUT2D eigenvalue weighted by molar-refractivity contribution is 6.31. The highest BCUT2D eigenvalue weighted by atomic mass is 35.5. The standard InChI is InChI=1S/C13H17ClO2/c1-10(13(15)16-2)6-5-8-11-7-3-4-9-12(11)14/h3-4,7,9-10H,5-6,8H2,1-2H3. The first-order chi connectivity index (χ1) is 7.65. The van der Waals surface area contributed by atoms with Crippen molar-refractivity contribution in [1.29, 1.82) is 0 Å². The van der Waals surface area contributed by atoms with Crippen molar-refractivity contribution in [3.05, 3.63) is 34.9 Å². The number of halogens is 1. The molecule has 1 atom stereocenters. The number of benzene rings is 1. The number of esters is 1. The number of ether oxygens (including phenoxy) is 1.